The number of alkyl halides is 1. The van der Waals surface area contributed by atoms with Crippen LogP contribution in [0, 0.1) is 5.41 Å². The lowest BCUT2D eigenvalue weighted by Gasteiger charge is -2.38. The van der Waals surface area contributed by atoms with Crippen LogP contribution in [0.15, 0.2) is 24.3 Å². The maximum absolute atomic E-state index is 5.70. The lowest BCUT2D eigenvalue weighted by molar-refractivity contribution is 0.212. The Morgan fingerprint density at radius 1 is 1.05 bits per heavy atom. The summed E-state index contributed by atoms with van der Waals surface area (Å²) in [5.41, 5.74) is 1.78. The molecule has 0 spiro atoms. The first-order valence-corrected chi connectivity index (χ1v) is 8.33. The fourth-order valence-electron chi connectivity index (χ4n) is 3.00. The summed E-state index contributed by atoms with van der Waals surface area (Å²) >= 11 is 3.94. The summed E-state index contributed by atoms with van der Waals surface area (Å²) in [5.74, 6) is 0.965. The summed E-state index contributed by atoms with van der Waals surface area (Å²) in [7, 11) is 0. The lowest BCUT2D eigenvalue weighted by atomic mass is 9.72. The number of rotatable bonds is 4. The zero-order valence-corrected chi connectivity index (χ0v) is 13.9. The van der Waals surface area contributed by atoms with E-state index in [1.54, 1.807) is 0 Å². The van der Waals surface area contributed by atoms with Gasteiger partial charge in [0.05, 0.1) is 6.10 Å². The number of hydrogen-bond acceptors (Lipinski definition) is 1. The molecule has 0 radical (unpaired) electrons. The molecule has 1 atom stereocenters. The second-order valence-electron chi connectivity index (χ2n) is 6.31. The van der Waals surface area contributed by atoms with Crippen molar-refractivity contribution in [3.63, 3.8) is 0 Å². The Hall–Kier alpha value is -0.500. The van der Waals surface area contributed by atoms with Gasteiger partial charge in [-0.3, -0.25) is 0 Å². The average molecular weight is 325 g/mol. The fourth-order valence-corrected chi connectivity index (χ4v) is 3.77. The van der Waals surface area contributed by atoms with Crippen molar-refractivity contribution in [2.75, 3.05) is 0 Å². The van der Waals surface area contributed by atoms with E-state index in [1.165, 1.54) is 37.7 Å². The van der Waals surface area contributed by atoms with Crippen LogP contribution in [-0.4, -0.2) is 6.10 Å². The molecule has 0 bridgehead atoms. The van der Waals surface area contributed by atoms with E-state index in [9.17, 15) is 0 Å². The Labute approximate surface area is 125 Å². The summed E-state index contributed by atoms with van der Waals surface area (Å²) in [4.78, 5) is 0.452. The third-order valence-corrected chi connectivity index (χ3v) is 5.79. The standard InChI is InChI=1S/C17H25BrO/c1-13(2)19-15-9-7-14(8-10-15)16(18)17(3)11-5-4-6-12-17/h7-10,13,16H,4-6,11-12H2,1-3H3. The molecule has 0 saturated heterocycles. The van der Waals surface area contributed by atoms with Gasteiger partial charge in [-0.2, -0.15) is 0 Å². The number of halogens is 1. The molecule has 0 N–H and O–H groups in total. The molecule has 0 heterocycles. The van der Waals surface area contributed by atoms with Gasteiger partial charge in [0.2, 0.25) is 0 Å². The lowest BCUT2D eigenvalue weighted by Crippen LogP contribution is -2.25. The van der Waals surface area contributed by atoms with Crippen LogP contribution in [0.1, 0.15) is 63.3 Å². The molecule has 2 rings (SSSR count). The first-order chi connectivity index (χ1) is 9.01. The van der Waals surface area contributed by atoms with Gasteiger partial charge in [-0.25, -0.2) is 0 Å². The number of ether oxygens (including phenoxy) is 1. The molecule has 0 aliphatic heterocycles. The first kappa shape index (κ1) is 14.9. The predicted octanol–water partition coefficient (Wildman–Crippen LogP) is 5.88. The summed E-state index contributed by atoms with van der Waals surface area (Å²) in [6.07, 6.45) is 7.03. The van der Waals surface area contributed by atoms with E-state index in [2.05, 4.69) is 61.0 Å². The highest BCUT2D eigenvalue weighted by Crippen LogP contribution is 2.50. The smallest absolute Gasteiger partial charge is 0.119 e. The first-order valence-electron chi connectivity index (χ1n) is 7.42. The van der Waals surface area contributed by atoms with Crippen LogP contribution >= 0.6 is 15.9 Å². The predicted molar refractivity (Wildman–Crippen MR) is 85.1 cm³/mol. The van der Waals surface area contributed by atoms with E-state index in [4.69, 9.17) is 4.74 Å². The molecule has 1 saturated carbocycles. The zero-order valence-electron chi connectivity index (χ0n) is 12.3. The third-order valence-electron chi connectivity index (χ3n) is 4.15. The number of hydrogen-bond donors (Lipinski definition) is 0. The van der Waals surface area contributed by atoms with Gasteiger partial charge in [0.15, 0.2) is 0 Å². The van der Waals surface area contributed by atoms with Crippen LogP contribution in [0.25, 0.3) is 0 Å². The van der Waals surface area contributed by atoms with Crippen LogP contribution < -0.4 is 4.74 Å². The van der Waals surface area contributed by atoms with Crippen LogP contribution in [-0.2, 0) is 0 Å². The molecule has 19 heavy (non-hydrogen) atoms. The molecule has 1 unspecified atom stereocenters. The summed E-state index contributed by atoms with van der Waals surface area (Å²) in [6.45, 7) is 6.54. The minimum atomic E-state index is 0.237. The van der Waals surface area contributed by atoms with Gasteiger partial charge in [0.1, 0.15) is 5.75 Å². The van der Waals surface area contributed by atoms with E-state index < -0.39 is 0 Å². The highest BCUT2D eigenvalue weighted by molar-refractivity contribution is 9.09. The van der Waals surface area contributed by atoms with Gasteiger partial charge in [-0.15, -0.1) is 0 Å². The monoisotopic (exact) mass is 324 g/mol. The molecule has 2 heteroatoms. The second kappa shape index (κ2) is 6.30. The van der Waals surface area contributed by atoms with Crippen molar-refractivity contribution in [2.45, 2.75) is 63.8 Å². The molecule has 106 valence electrons. The molecule has 0 aromatic heterocycles. The van der Waals surface area contributed by atoms with Crippen molar-refractivity contribution < 1.29 is 4.74 Å². The van der Waals surface area contributed by atoms with Crippen LogP contribution in [0.4, 0.5) is 0 Å². The quantitative estimate of drug-likeness (QED) is 0.628. The Morgan fingerprint density at radius 3 is 2.16 bits per heavy atom. The molecule has 1 aromatic rings. The Morgan fingerprint density at radius 2 is 1.63 bits per heavy atom. The highest BCUT2D eigenvalue weighted by Gasteiger charge is 2.34. The Kier molecular flexibility index (Phi) is 4.94. The van der Waals surface area contributed by atoms with Gasteiger partial charge in [0.25, 0.3) is 0 Å². The minimum absolute atomic E-state index is 0.237. The SMILES string of the molecule is CC(C)Oc1ccc(C(Br)C2(C)CCCCC2)cc1. The second-order valence-corrected chi connectivity index (χ2v) is 7.23. The molecular weight excluding hydrogens is 300 g/mol. The molecule has 0 amide bonds. The van der Waals surface area contributed by atoms with E-state index >= 15 is 0 Å². The fraction of sp³-hybridized carbons (Fsp3) is 0.647. The maximum Gasteiger partial charge on any atom is 0.119 e. The van der Waals surface area contributed by atoms with Gasteiger partial charge in [-0.05, 0) is 49.8 Å². The van der Waals surface area contributed by atoms with Crippen molar-refractivity contribution in [1.82, 2.24) is 0 Å². The van der Waals surface area contributed by atoms with E-state index in [1.807, 2.05) is 0 Å². The highest BCUT2D eigenvalue weighted by atomic mass is 79.9. The summed E-state index contributed by atoms with van der Waals surface area (Å²) in [6, 6.07) is 8.60. The normalized spacial score (nSPS) is 20.3. The largest absolute Gasteiger partial charge is 0.491 e. The third kappa shape index (κ3) is 3.75. The summed E-state index contributed by atoms with van der Waals surface area (Å²) in [5, 5.41) is 0. The number of benzene rings is 1. The van der Waals surface area contributed by atoms with E-state index in [0.29, 0.717) is 10.2 Å². The molecule has 1 aliphatic carbocycles. The van der Waals surface area contributed by atoms with Crippen LogP contribution in [0.2, 0.25) is 0 Å². The molecule has 1 aromatic carbocycles. The van der Waals surface area contributed by atoms with Gasteiger partial charge >= 0.3 is 0 Å². The molecule has 1 fully saturated rings. The molecular formula is C17H25BrO. The zero-order chi connectivity index (χ0) is 13.9. The van der Waals surface area contributed by atoms with Crippen LogP contribution in [0.3, 0.4) is 0 Å². The molecule has 1 nitrogen and oxygen atoms in total. The van der Waals surface area contributed by atoms with Gasteiger partial charge < -0.3 is 4.74 Å². The van der Waals surface area contributed by atoms with Crippen LogP contribution in [0.5, 0.6) is 5.75 Å². The van der Waals surface area contributed by atoms with E-state index in [0.717, 1.165) is 5.75 Å². The Balaban J connectivity index is 2.08. The van der Waals surface area contributed by atoms with Crippen molar-refractivity contribution in [3.05, 3.63) is 29.8 Å². The van der Waals surface area contributed by atoms with Gasteiger partial charge in [-0.1, -0.05) is 54.2 Å². The van der Waals surface area contributed by atoms with Gasteiger partial charge in [0, 0.05) is 4.83 Å². The minimum Gasteiger partial charge on any atom is -0.491 e. The molecule has 1 aliphatic rings. The maximum atomic E-state index is 5.70. The summed E-state index contributed by atoms with van der Waals surface area (Å²) < 4.78 is 5.70. The Bertz CT molecular complexity index is 390. The van der Waals surface area contributed by atoms with Crippen molar-refractivity contribution >= 4 is 15.9 Å². The van der Waals surface area contributed by atoms with Crippen molar-refractivity contribution in [2.24, 2.45) is 5.41 Å². The van der Waals surface area contributed by atoms with Crippen molar-refractivity contribution in [1.29, 1.82) is 0 Å². The van der Waals surface area contributed by atoms with Crippen molar-refractivity contribution in [3.8, 4) is 5.75 Å². The topological polar surface area (TPSA) is 9.23 Å². The average Bonchev–Trinajstić information content (AvgIpc) is 2.39. The van der Waals surface area contributed by atoms with E-state index in [-0.39, 0.29) is 6.10 Å².